The summed E-state index contributed by atoms with van der Waals surface area (Å²) >= 11 is 0. The topological polar surface area (TPSA) is 101 Å². The number of amides is 2. The Bertz CT molecular complexity index is 670. The van der Waals surface area contributed by atoms with Crippen LogP contribution in [-0.4, -0.2) is 22.9 Å². The van der Waals surface area contributed by atoms with Crippen molar-refractivity contribution in [2.75, 3.05) is 10.6 Å². The molecule has 6 nitrogen and oxygen atoms in total. The molecular weight excluding hydrogens is 267 g/mol. The zero-order valence-corrected chi connectivity index (χ0v) is 10.7. The van der Waals surface area contributed by atoms with E-state index in [-0.39, 0.29) is 22.4 Å². The van der Waals surface area contributed by atoms with E-state index in [9.17, 15) is 18.8 Å². The smallest absolute Gasteiger partial charge is 0.337 e. The van der Waals surface area contributed by atoms with Crippen molar-refractivity contribution in [1.29, 1.82) is 0 Å². The third-order valence-electron chi connectivity index (χ3n) is 3.20. The number of carboxylic acids is 1. The summed E-state index contributed by atoms with van der Waals surface area (Å²) in [4.78, 5) is 35.5. The molecule has 0 radical (unpaired) electrons. The second-order valence-corrected chi connectivity index (χ2v) is 4.39. The molecule has 3 N–H and O–H groups in total. The van der Waals surface area contributed by atoms with Crippen molar-refractivity contribution in [1.82, 2.24) is 0 Å². The number of hydrogen-bond donors (Lipinski definition) is 2. The molecule has 0 fully saturated rings. The van der Waals surface area contributed by atoms with E-state index in [1.165, 1.54) is 13.8 Å². The molecular formula is C13H11FN2O4. The minimum atomic E-state index is -1.37. The van der Waals surface area contributed by atoms with Crippen LogP contribution in [0.2, 0.25) is 0 Å². The lowest BCUT2D eigenvalue weighted by Crippen LogP contribution is -2.32. The lowest BCUT2D eigenvalue weighted by molar-refractivity contribution is -0.120. The van der Waals surface area contributed by atoms with Crippen molar-refractivity contribution < 1.29 is 23.9 Å². The number of imide groups is 1. The normalized spacial score (nSPS) is 15.2. The average Bonchev–Trinajstić information content (AvgIpc) is 2.55. The van der Waals surface area contributed by atoms with E-state index in [1.54, 1.807) is 0 Å². The first-order chi connectivity index (χ1) is 9.25. The Hall–Kier alpha value is -2.70. The summed E-state index contributed by atoms with van der Waals surface area (Å²) in [7, 11) is 0. The monoisotopic (exact) mass is 278 g/mol. The van der Waals surface area contributed by atoms with E-state index in [0.29, 0.717) is 4.90 Å². The van der Waals surface area contributed by atoms with Crippen molar-refractivity contribution in [3.8, 4) is 0 Å². The van der Waals surface area contributed by atoms with Crippen molar-refractivity contribution in [2.24, 2.45) is 0 Å². The van der Waals surface area contributed by atoms with Crippen LogP contribution in [0.5, 0.6) is 0 Å². The molecule has 0 bridgehead atoms. The van der Waals surface area contributed by atoms with Crippen LogP contribution in [0.4, 0.5) is 15.8 Å². The molecule has 7 heteroatoms. The van der Waals surface area contributed by atoms with Gasteiger partial charge in [-0.15, -0.1) is 0 Å². The van der Waals surface area contributed by atoms with E-state index in [0.717, 1.165) is 12.1 Å². The highest BCUT2D eigenvalue weighted by molar-refractivity contribution is 6.32. The van der Waals surface area contributed by atoms with Gasteiger partial charge in [0.2, 0.25) is 0 Å². The summed E-state index contributed by atoms with van der Waals surface area (Å²) in [6, 6.07) is 1.66. The molecule has 0 aliphatic carbocycles. The van der Waals surface area contributed by atoms with E-state index in [1.807, 2.05) is 0 Å². The third-order valence-corrected chi connectivity index (χ3v) is 3.20. The molecule has 1 aromatic carbocycles. The molecule has 0 unspecified atom stereocenters. The van der Waals surface area contributed by atoms with Crippen LogP contribution in [0.1, 0.15) is 24.2 Å². The van der Waals surface area contributed by atoms with Gasteiger partial charge in [-0.05, 0) is 26.0 Å². The van der Waals surface area contributed by atoms with Crippen LogP contribution in [0.25, 0.3) is 0 Å². The van der Waals surface area contributed by atoms with Gasteiger partial charge in [0, 0.05) is 16.8 Å². The number of nitrogens with zero attached hydrogens (tertiary/aromatic N) is 1. The Morgan fingerprint density at radius 3 is 2.15 bits per heavy atom. The Morgan fingerprint density at radius 1 is 1.20 bits per heavy atom. The molecule has 0 saturated heterocycles. The minimum absolute atomic E-state index is 0.197. The van der Waals surface area contributed by atoms with Gasteiger partial charge in [-0.3, -0.25) is 9.59 Å². The molecule has 20 heavy (non-hydrogen) atoms. The molecule has 1 aliphatic heterocycles. The number of aromatic carboxylic acids is 1. The van der Waals surface area contributed by atoms with Gasteiger partial charge < -0.3 is 10.8 Å². The van der Waals surface area contributed by atoms with Gasteiger partial charge in [-0.2, -0.15) is 0 Å². The summed E-state index contributed by atoms with van der Waals surface area (Å²) < 4.78 is 13.9. The standard InChI is InChI=1S/C13H11FN2O4/c1-5-6(2)12(18)16(11(5)17)10-3-7(13(19)20)9(15)4-8(10)14/h3-4H,15H2,1-2H3,(H,19,20). The fourth-order valence-corrected chi connectivity index (χ4v) is 1.90. The summed E-state index contributed by atoms with van der Waals surface area (Å²) in [5.74, 6) is -3.65. The molecule has 2 amide bonds. The van der Waals surface area contributed by atoms with Crippen LogP contribution >= 0.6 is 0 Å². The minimum Gasteiger partial charge on any atom is -0.478 e. The Morgan fingerprint density at radius 2 is 1.70 bits per heavy atom. The summed E-state index contributed by atoms with van der Waals surface area (Å²) in [5.41, 5.74) is 4.73. The Kier molecular flexibility index (Phi) is 3.05. The molecule has 0 spiro atoms. The quantitative estimate of drug-likeness (QED) is 0.627. The van der Waals surface area contributed by atoms with Crippen LogP contribution in [-0.2, 0) is 9.59 Å². The van der Waals surface area contributed by atoms with E-state index >= 15 is 0 Å². The molecule has 0 saturated carbocycles. The fraction of sp³-hybridized carbons (Fsp3) is 0.154. The maximum absolute atomic E-state index is 13.9. The third kappa shape index (κ3) is 1.83. The number of rotatable bonds is 2. The van der Waals surface area contributed by atoms with Gasteiger partial charge in [0.05, 0.1) is 11.3 Å². The lowest BCUT2D eigenvalue weighted by atomic mass is 10.1. The summed E-state index contributed by atoms with van der Waals surface area (Å²) in [6.45, 7) is 2.89. The zero-order chi connectivity index (χ0) is 15.2. The number of nitrogen functional groups attached to an aromatic ring is 1. The van der Waals surface area contributed by atoms with Crippen molar-refractivity contribution >= 4 is 29.2 Å². The number of hydrogen-bond acceptors (Lipinski definition) is 4. The second kappa shape index (κ2) is 4.44. The number of benzene rings is 1. The number of carboxylic acid groups (broad SMARTS) is 1. The van der Waals surface area contributed by atoms with Gasteiger partial charge in [0.15, 0.2) is 0 Å². The van der Waals surface area contributed by atoms with Gasteiger partial charge in [-0.1, -0.05) is 0 Å². The maximum atomic E-state index is 13.9. The Labute approximate surface area is 113 Å². The van der Waals surface area contributed by atoms with Crippen LogP contribution in [0.15, 0.2) is 23.3 Å². The summed E-state index contributed by atoms with van der Waals surface area (Å²) in [5, 5.41) is 8.96. The van der Waals surface area contributed by atoms with Crippen LogP contribution < -0.4 is 10.6 Å². The molecule has 0 atom stereocenters. The average molecular weight is 278 g/mol. The van der Waals surface area contributed by atoms with Gasteiger partial charge >= 0.3 is 5.97 Å². The zero-order valence-electron chi connectivity index (χ0n) is 10.7. The van der Waals surface area contributed by atoms with Gasteiger partial charge in [-0.25, -0.2) is 14.1 Å². The number of nitrogens with two attached hydrogens (primary N) is 1. The highest BCUT2D eigenvalue weighted by Crippen LogP contribution is 2.31. The fourth-order valence-electron chi connectivity index (χ4n) is 1.90. The van der Waals surface area contributed by atoms with Crippen LogP contribution in [0, 0.1) is 5.82 Å². The molecule has 1 heterocycles. The predicted octanol–water partition coefficient (Wildman–Crippen LogP) is 1.32. The molecule has 2 rings (SSSR count). The Balaban J connectivity index is 2.61. The van der Waals surface area contributed by atoms with E-state index in [2.05, 4.69) is 0 Å². The summed E-state index contributed by atoms with van der Waals surface area (Å²) in [6.07, 6.45) is 0. The molecule has 1 aliphatic rings. The number of anilines is 2. The van der Waals surface area contributed by atoms with Gasteiger partial charge in [0.25, 0.3) is 11.8 Å². The SMILES string of the molecule is CC1=C(C)C(=O)N(c2cc(C(=O)O)c(N)cc2F)C1=O. The predicted molar refractivity (Wildman–Crippen MR) is 68.6 cm³/mol. The van der Waals surface area contributed by atoms with E-state index in [4.69, 9.17) is 10.8 Å². The number of carbonyl (C=O) groups is 3. The first-order valence-electron chi connectivity index (χ1n) is 5.64. The molecule has 1 aromatic rings. The van der Waals surface area contributed by atoms with E-state index < -0.39 is 29.3 Å². The van der Waals surface area contributed by atoms with Crippen molar-refractivity contribution in [3.63, 3.8) is 0 Å². The van der Waals surface area contributed by atoms with Crippen LogP contribution in [0.3, 0.4) is 0 Å². The largest absolute Gasteiger partial charge is 0.478 e. The highest BCUT2D eigenvalue weighted by atomic mass is 19.1. The second-order valence-electron chi connectivity index (χ2n) is 4.39. The molecule has 104 valence electrons. The van der Waals surface area contributed by atoms with Gasteiger partial charge in [0.1, 0.15) is 5.82 Å². The molecule has 0 aromatic heterocycles. The first-order valence-corrected chi connectivity index (χ1v) is 5.64. The van der Waals surface area contributed by atoms with Crippen molar-refractivity contribution in [2.45, 2.75) is 13.8 Å². The number of carbonyl (C=O) groups excluding carboxylic acids is 2. The lowest BCUT2D eigenvalue weighted by Gasteiger charge is -2.17. The first kappa shape index (κ1) is 13.7. The highest BCUT2D eigenvalue weighted by Gasteiger charge is 2.36. The number of halogens is 1. The van der Waals surface area contributed by atoms with Crippen molar-refractivity contribution in [3.05, 3.63) is 34.7 Å². The maximum Gasteiger partial charge on any atom is 0.337 e.